The molecule has 0 bridgehead atoms. The van der Waals surface area contributed by atoms with Gasteiger partial charge in [-0.3, -0.25) is 0 Å². The third-order valence-corrected chi connectivity index (χ3v) is 5.26. The third kappa shape index (κ3) is 3.95. The van der Waals surface area contributed by atoms with E-state index in [2.05, 4.69) is 5.32 Å². The Morgan fingerprint density at radius 1 is 1.40 bits per heavy atom. The minimum atomic E-state index is -3.28. The van der Waals surface area contributed by atoms with Gasteiger partial charge in [0.1, 0.15) is 0 Å². The molecule has 2 atom stereocenters. The first-order valence-electron chi connectivity index (χ1n) is 6.74. The van der Waals surface area contributed by atoms with Crippen LogP contribution in [0.3, 0.4) is 0 Å². The van der Waals surface area contributed by atoms with Crippen LogP contribution in [0.15, 0.2) is 23.1 Å². The number of halogens is 1. The second-order valence-corrected chi connectivity index (χ2v) is 7.84. The van der Waals surface area contributed by atoms with Crippen LogP contribution in [0.2, 0.25) is 5.02 Å². The van der Waals surface area contributed by atoms with E-state index in [0.29, 0.717) is 23.0 Å². The maximum Gasteiger partial charge on any atom is 0.175 e. The van der Waals surface area contributed by atoms with Crippen LogP contribution in [0, 0.1) is 5.92 Å². The largest absolute Gasteiger partial charge is 0.393 e. The van der Waals surface area contributed by atoms with Gasteiger partial charge in [-0.05, 0) is 43.9 Å². The zero-order chi connectivity index (χ0) is 14.8. The fourth-order valence-electron chi connectivity index (χ4n) is 2.69. The Balaban J connectivity index is 2.02. The molecule has 0 radical (unpaired) electrons. The Bertz CT molecular complexity index is 574. The maximum absolute atomic E-state index is 11.7. The highest BCUT2D eigenvalue weighted by atomic mass is 35.5. The molecule has 6 heteroatoms. The average Bonchev–Trinajstić information content (AvgIpc) is 2.76. The lowest BCUT2D eigenvalue weighted by molar-refractivity contribution is 0.177. The first-order chi connectivity index (χ1) is 9.38. The highest BCUT2D eigenvalue weighted by Crippen LogP contribution is 2.26. The van der Waals surface area contributed by atoms with Gasteiger partial charge in [0, 0.05) is 23.4 Å². The van der Waals surface area contributed by atoms with Gasteiger partial charge in [-0.15, -0.1) is 0 Å². The van der Waals surface area contributed by atoms with E-state index in [9.17, 15) is 13.5 Å². The number of aliphatic hydroxyl groups excluding tert-OH is 1. The molecule has 0 aliphatic heterocycles. The van der Waals surface area contributed by atoms with E-state index in [1.807, 2.05) is 0 Å². The van der Waals surface area contributed by atoms with Gasteiger partial charge in [-0.25, -0.2) is 8.42 Å². The molecule has 0 spiro atoms. The minimum Gasteiger partial charge on any atom is -0.393 e. The van der Waals surface area contributed by atoms with Gasteiger partial charge in [0.2, 0.25) is 0 Å². The van der Waals surface area contributed by atoms with E-state index in [1.54, 1.807) is 18.2 Å². The van der Waals surface area contributed by atoms with E-state index in [0.717, 1.165) is 25.8 Å². The molecule has 0 saturated heterocycles. The normalized spacial score (nSPS) is 23.1. The molecule has 4 nitrogen and oxygen atoms in total. The lowest BCUT2D eigenvalue weighted by Crippen LogP contribution is -2.22. The molecule has 1 aliphatic rings. The molecule has 0 heterocycles. The van der Waals surface area contributed by atoms with Crippen molar-refractivity contribution in [2.45, 2.75) is 36.8 Å². The van der Waals surface area contributed by atoms with Crippen LogP contribution < -0.4 is 5.32 Å². The standard InChI is InChI=1S/C14H20ClNO3S/c1-20(18,19)14-4-2-3-13(15)12(14)9-16-8-10-5-6-11(17)7-10/h2-4,10-11,16-17H,5-9H2,1H3. The molecule has 1 saturated carbocycles. The number of sulfone groups is 1. The lowest BCUT2D eigenvalue weighted by atomic mass is 10.1. The van der Waals surface area contributed by atoms with Crippen LogP contribution in [-0.4, -0.2) is 32.4 Å². The number of aliphatic hydroxyl groups is 1. The molecule has 0 aromatic heterocycles. The molecular weight excluding hydrogens is 298 g/mol. The van der Waals surface area contributed by atoms with Crippen LogP contribution in [-0.2, 0) is 16.4 Å². The van der Waals surface area contributed by atoms with Crippen molar-refractivity contribution < 1.29 is 13.5 Å². The van der Waals surface area contributed by atoms with E-state index in [4.69, 9.17) is 11.6 Å². The van der Waals surface area contributed by atoms with Crippen molar-refractivity contribution in [2.75, 3.05) is 12.8 Å². The summed E-state index contributed by atoms with van der Waals surface area (Å²) in [6.45, 7) is 1.19. The van der Waals surface area contributed by atoms with Gasteiger partial charge >= 0.3 is 0 Å². The zero-order valence-corrected chi connectivity index (χ0v) is 13.0. The van der Waals surface area contributed by atoms with E-state index in [-0.39, 0.29) is 11.0 Å². The van der Waals surface area contributed by atoms with Crippen molar-refractivity contribution in [3.05, 3.63) is 28.8 Å². The number of nitrogens with one attached hydrogen (secondary N) is 1. The van der Waals surface area contributed by atoms with Crippen molar-refractivity contribution in [3.63, 3.8) is 0 Å². The van der Waals surface area contributed by atoms with Crippen molar-refractivity contribution >= 4 is 21.4 Å². The Morgan fingerprint density at radius 2 is 2.15 bits per heavy atom. The Morgan fingerprint density at radius 3 is 2.75 bits per heavy atom. The van der Waals surface area contributed by atoms with E-state index < -0.39 is 9.84 Å². The number of hydrogen-bond donors (Lipinski definition) is 2. The monoisotopic (exact) mass is 317 g/mol. The third-order valence-electron chi connectivity index (χ3n) is 3.72. The molecule has 1 aliphatic carbocycles. The summed E-state index contributed by atoms with van der Waals surface area (Å²) in [6.07, 6.45) is 3.68. The summed E-state index contributed by atoms with van der Waals surface area (Å²) in [7, 11) is -3.28. The summed E-state index contributed by atoms with van der Waals surface area (Å²) >= 11 is 6.11. The Hall–Kier alpha value is -0.620. The quantitative estimate of drug-likeness (QED) is 0.871. The first kappa shape index (κ1) is 15.8. The molecule has 1 aromatic rings. The van der Waals surface area contributed by atoms with Crippen molar-refractivity contribution in [1.29, 1.82) is 0 Å². The highest BCUT2D eigenvalue weighted by molar-refractivity contribution is 7.90. The molecule has 2 N–H and O–H groups in total. The topological polar surface area (TPSA) is 66.4 Å². The van der Waals surface area contributed by atoms with Crippen LogP contribution in [0.4, 0.5) is 0 Å². The smallest absolute Gasteiger partial charge is 0.175 e. The van der Waals surface area contributed by atoms with Gasteiger partial charge in [0.25, 0.3) is 0 Å². The summed E-state index contributed by atoms with van der Waals surface area (Å²) in [6, 6.07) is 4.93. The molecule has 2 rings (SSSR count). The van der Waals surface area contributed by atoms with Gasteiger partial charge < -0.3 is 10.4 Å². The molecule has 2 unspecified atom stereocenters. The highest BCUT2D eigenvalue weighted by Gasteiger charge is 2.22. The molecule has 112 valence electrons. The van der Waals surface area contributed by atoms with Gasteiger partial charge in [-0.2, -0.15) is 0 Å². The lowest BCUT2D eigenvalue weighted by Gasteiger charge is -2.14. The van der Waals surface area contributed by atoms with Crippen LogP contribution >= 0.6 is 11.6 Å². The zero-order valence-electron chi connectivity index (χ0n) is 11.5. The SMILES string of the molecule is CS(=O)(=O)c1cccc(Cl)c1CNCC1CCC(O)C1. The Kier molecular flexibility index (Phi) is 5.07. The second kappa shape index (κ2) is 6.43. The summed E-state index contributed by atoms with van der Waals surface area (Å²) in [5.41, 5.74) is 0.621. The summed E-state index contributed by atoms with van der Waals surface area (Å²) in [4.78, 5) is 0.281. The molecule has 1 aromatic carbocycles. The molecular formula is C14H20ClNO3S. The van der Waals surface area contributed by atoms with Crippen molar-refractivity contribution in [1.82, 2.24) is 5.32 Å². The summed E-state index contributed by atoms with van der Waals surface area (Å²) in [5.74, 6) is 0.453. The number of rotatable bonds is 5. The van der Waals surface area contributed by atoms with Gasteiger partial charge in [-0.1, -0.05) is 17.7 Å². The van der Waals surface area contributed by atoms with Crippen molar-refractivity contribution in [3.8, 4) is 0 Å². The fourth-order valence-corrected chi connectivity index (χ4v) is 3.95. The number of benzene rings is 1. The van der Waals surface area contributed by atoms with Gasteiger partial charge in [0.05, 0.1) is 11.0 Å². The first-order valence-corrected chi connectivity index (χ1v) is 9.01. The van der Waals surface area contributed by atoms with E-state index >= 15 is 0 Å². The van der Waals surface area contributed by atoms with Crippen LogP contribution in [0.25, 0.3) is 0 Å². The van der Waals surface area contributed by atoms with Gasteiger partial charge in [0.15, 0.2) is 9.84 Å². The molecule has 0 amide bonds. The fraction of sp³-hybridized carbons (Fsp3) is 0.571. The van der Waals surface area contributed by atoms with Crippen LogP contribution in [0.1, 0.15) is 24.8 Å². The molecule has 20 heavy (non-hydrogen) atoms. The van der Waals surface area contributed by atoms with E-state index in [1.165, 1.54) is 6.26 Å². The predicted molar refractivity (Wildman–Crippen MR) is 79.6 cm³/mol. The van der Waals surface area contributed by atoms with Crippen molar-refractivity contribution in [2.24, 2.45) is 5.92 Å². The molecule has 1 fully saturated rings. The second-order valence-electron chi connectivity index (χ2n) is 5.45. The summed E-state index contributed by atoms with van der Waals surface area (Å²) < 4.78 is 23.5. The minimum absolute atomic E-state index is 0.186. The average molecular weight is 318 g/mol. The van der Waals surface area contributed by atoms with Crippen LogP contribution in [0.5, 0.6) is 0 Å². The predicted octanol–water partition coefficient (Wildman–Crippen LogP) is 1.99. The Labute approximate surface area is 125 Å². The summed E-state index contributed by atoms with van der Waals surface area (Å²) in [5, 5.41) is 13.2. The number of hydrogen-bond acceptors (Lipinski definition) is 4. The maximum atomic E-state index is 11.7.